The first kappa shape index (κ1) is 16.4. The maximum atomic E-state index is 11.9. The molecule has 0 aliphatic carbocycles. The fourth-order valence-electron chi connectivity index (χ4n) is 2.13. The standard InChI is InChI=1S/C15H24N2O3/c1-5-8-16-13(18)11-12-6-9-17(10-7-12)14(19)20-15(2,3)4/h1,12H,6-11H2,2-4H3,(H,16,18). The van der Waals surface area contributed by atoms with Gasteiger partial charge < -0.3 is 15.0 Å². The molecule has 1 rings (SSSR count). The highest BCUT2D eigenvalue weighted by Gasteiger charge is 2.27. The van der Waals surface area contributed by atoms with Crippen molar-refractivity contribution in [3.05, 3.63) is 0 Å². The highest BCUT2D eigenvalue weighted by Crippen LogP contribution is 2.22. The second kappa shape index (κ2) is 7.18. The number of rotatable bonds is 3. The molecule has 0 bridgehead atoms. The van der Waals surface area contributed by atoms with Gasteiger partial charge in [-0.25, -0.2) is 4.79 Å². The van der Waals surface area contributed by atoms with Crippen LogP contribution in [0.3, 0.4) is 0 Å². The molecular formula is C15H24N2O3. The molecule has 1 aliphatic heterocycles. The Kier molecular flexibility index (Phi) is 5.87. The third-order valence-corrected chi connectivity index (χ3v) is 3.13. The zero-order valence-corrected chi connectivity index (χ0v) is 12.6. The Morgan fingerprint density at radius 3 is 2.45 bits per heavy atom. The maximum absolute atomic E-state index is 11.9. The van der Waals surface area contributed by atoms with Crippen LogP contribution in [0.5, 0.6) is 0 Å². The number of piperidine rings is 1. The van der Waals surface area contributed by atoms with E-state index < -0.39 is 5.60 Å². The van der Waals surface area contributed by atoms with Gasteiger partial charge in [0, 0.05) is 19.5 Å². The monoisotopic (exact) mass is 280 g/mol. The fraction of sp³-hybridized carbons (Fsp3) is 0.733. The van der Waals surface area contributed by atoms with Gasteiger partial charge in [-0.1, -0.05) is 5.92 Å². The number of hydrogen-bond donors (Lipinski definition) is 1. The SMILES string of the molecule is C#CCNC(=O)CC1CCN(C(=O)OC(C)(C)C)CC1. The Morgan fingerprint density at radius 1 is 1.35 bits per heavy atom. The van der Waals surface area contributed by atoms with Crippen molar-refractivity contribution in [3.8, 4) is 12.3 Å². The van der Waals surface area contributed by atoms with Gasteiger partial charge in [-0.05, 0) is 39.5 Å². The van der Waals surface area contributed by atoms with Crippen LogP contribution in [0.2, 0.25) is 0 Å². The molecule has 5 nitrogen and oxygen atoms in total. The van der Waals surface area contributed by atoms with E-state index in [9.17, 15) is 9.59 Å². The Bertz CT molecular complexity index is 385. The first-order valence-corrected chi connectivity index (χ1v) is 7.00. The smallest absolute Gasteiger partial charge is 0.410 e. The molecule has 0 saturated carbocycles. The summed E-state index contributed by atoms with van der Waals surface area (Å²) < 4.78 is 5.33. The summed E-state index contributed by atoms with van der Waals surface area (Å²) in [4.78, 5) is 25.2. The van der Waals surface area contributed by atoms with Gasteiger partial charge in [0.15, 0.2) is 0 Å². The van der Waals surface area contributed by atoms with E-state index in [1.165, 1.54) is 0 Å². The summed E-state index contributed by atoms with van der Waals surface area (Å²) in [5, 5.41) is 2.66. The van der Waals surface area contributed by atoms with E-state index in [0.29, 0.717) is 25.4 Å². The van der Waals surface area contributed by atoms with Crippen molar-refractivity contribution in [1.82, 2.24) is 10.2 Å². The van der Waals surface area contributed by atoms with Gasteiger partial charge in [-0.3, -0.25) is 4.79 Å². The Hall–Kier alpha value is -1.70. The lowest BCUT2D eigenvalue weighted by molar-refractivity contribution is -0.122. The number of likely N-dealkylation sites (tertiary alicyclic amines) is 1. The molecule has 0 radical (unpaired) electrons. The average Bonchev–Trinajstić information content (AvgIpc) is 2.35. The summed E-state index contributed by atoms with van der Waals surface area (Å²) in [7, 11) is 0. The largest absolute Gasteiger partial charge is 0.444 e. The van der Waals surface area contributed by atoms with E-state index in [4.69, 9.17) is 11.2 Å². The number of carbonyl (C=O) groups excluding carboxylic acids is 2. The molecule has 5 heteroatoms. The molecule has 0 atom stereocenters. The number of nitrogens with zero attached hydrogens (tertiary/aromatic N) is 1. The van der Waals surface area contributed by atoms with Crippen molar-refractivity contribution >= 4 is 12.0 Å². The quantitative estimate of drug-likeness (QED) is 0.802. The molecule has 1 aliphatic rings. The molecular weight excluding hydrogens is 256 g/mol. The van der Waals surface area contributed by atoms with Crippen LogP contribution in [-0.2, 0) is 9.53 Å². The van der Waals surface area contributed by atoms with Crippen LogP contribution in [0.15, 0.2) is 0 Å². The maximum Gasteiger partial charge on any atom is 0.410 e. The van der Waals surface area contributed by atoms with E-state index in [1.807, 2.05) is 20.8 Å². The first-order valence-electron chi connectivity index (χ1n) is 7.00. The molecule has 0 spiro atoms. The van der Waals surface area contributed by atoms with Crippen molar-refractivity contribution in [2.45, 2.75) is 45.6 Å². The number of ether oxygens (including phenoxy) is 1. The van der Waals surface area contributed by atoms with Crippen molar-refractivity contribution in [1.29, 1.82) is 0 Å². The van der Waals surface area contributed by atoms with Crippen LogP contribution in [-0.4, -0.2) is 42.1 Å². The molecule has 1 heterocycles. The lowest BCUT2D eigenvalue weighted by atomic mass is 9.93. The van der Waals surface area contributed by atoms with Gasteiger partial charge in [0.05, 0.1) is 6.54 Å². The zero-order valence-electron chi connectivity index (χ0n) is 12.6. The van der Waals surface area contributed by atoms with Crippen LogP contribution in [0, 0.1) is 18.3 Å². The summed E-state index contributed by atoms with van der Waals surface area (Å²) in [6.45, 7) is 7.12. The van der Waals surface area contributed by atoms with E-state index in [2.05, 4.69) is 11.2 Å². The molecule has 20 heavy (non-hydrogen) atoms. The fourth-order valence-corrected chi connectivity index (χ4v) is 2.13. The highest BCUT2D eigenvalue weighted by molar-refractivity contribution is 5.76. The molecule has 0 unspecified atom stereocenters. The van der Waals surface area contributed by atoms with Crippen LogP contribution in [0.25, 0.3) is 0 Å². The Morgan fingerprint density at radius 2 is 1.95 bits per heavy atom. The number of amides is 2. The van der Waals surface area contributed by atoms with Gasteiger partial charge in [0.2, 0.25) is 5.91 Å². The number of hydrogen-bond acceptors (Lipinski definition) is 3. The molecule has 1 saturated heterocycles. The summed E-state index contributed by atoms with van der Waals surface area (Å²) in [6.07, 6.45) is 6.94. The van der Waals surface area contributed by atoms with Crippen molar-refractivity contribution < 1.29 is 14.3 Å². The van der Waals surface area contributed by atoms with Crippen molar-refractivity contribution in [3.63, 3.8) is 0 Å². The second-order valence-corrected chi connectivity index (χ2v) is 6.10. The predicted octanol–water partition coefficient (Wildman–Crippen LogP) is 1.77. The molecule has 112 valence electrons. The van der Waals surface area contributed by atoms with Gasteiger partial charge in [0.1, 0.15) is 5.60 Å². The lowest BCUT2D eigenvalue weighted by Gasteiger charge is -2.33. The average molecular weight is 280 g/mol. The van der Waals surface area contributed by atoms with Gasteiger partial charge in [-0.15, -0.1) is 6.42 Å². The molecule has 1 N–H and O–H groups in total. The second-order valence-electron chi connectivity index (χ2n) is 6.10. The third-order valence-electron chi connectivity index (χ3n) is 3.13. The summed E-state index contributed by atoms with van der Waals surface area (Å²) in [5.41, 5.74) is -0.469. The minimum Gasteiger partial charge on any atom is -0.444 e. The van der Waals surface area contributed by atoms with E-state index in [-0.39, 0.29) is 18.5 Å². The highest BCUT2D eigenvalue weighted by atomic mass is 16.6. The number of nitrogens with one attached hydrogen (secondary N) is 1. The third kappa shape index (κ3) is 5.96. The molecule has 1 fully saturated rings. The Balaban J connectivity index is 2.31. The van der Waals surface area contributed by atoms with Crippen LogP contribution in [0.4, 0.5) is 4.79 Å². The molecule has 0 aromatic heterocycles. The minimum absolute atomic E-state index is 0.0151. The van der Waals surface area contributed by atoms with Gasteiger partial charge >= 0.3 is 6.09 Å². The minimum atomic E-state index is -0.469. The predicted molar refractivity (Wildman–Crippen MR) is 77.0 cm³/mol. The Labute approximate surface area is 121 Å². The van der Waals surface area contributed by atoms with E-state index >= 15 is 0 Å². The molecule has 0 aromatic rings. The number of terminal acetylenes is 1. The topological polar surface area (TPSA) is 58.6 Å². The summed E-state index contributed by atoms with van der Waals surface area (Å²) in [5.74, 6) is 2.67. The zero-order chi connectivity index (χ0) is 15.2. The van der Waals surface area contributed by atoms with E-state index in [0.717, 1.165) is 12.8 Å². The first-order chi connectivity index (χ1) is 9.31. The van der Waals surface area contributed by atoms with Crippen molar-refractivity contribution in [2.75, 3.05) is 19.6 Å². The summed E-state index contributed by atoms with van der Waals surface area (Å²) >= 11 is 0. The molecule has 0 aromatic carbocycles. The van der Waals surface area contributed by atoms with Crippen LogP contribution in [0.1, 0.15) is 40.0 Å². The van der Waals surface area contributed by atoms with Crippen LogP contribution >= 0.6 is 0 Å². The normalized spacial score (nSPS) is 16.4. The lowest BCUT2D eigenvalue weighted by Crippen LogP contribution is -2.42. The van der Waals surface area contributed by atoms with Gasteiger partial charge in [-0.2, -0.15) is 0 Å². The summed E-state index contributed by atoms with van der Waals surface area (Å²) in [6, 6.07) is 0. The number of carbonyl (C=O) groups is 2. The van der Waals surface area contributed by atoms with E-state index in [1.54, 1.807) is 4.90 Å². The molecule has 2 amide bonds. The van der Waals surface area contributed by atoms with Crippen molar-refractivity contribution in [2.24, 2.45) is 5.92 Å². The van der Waals surface area contributed by atoms with Crippen LogP contribution < -0.4 is 5.32 Å². The van der Waals surface area contributed by atoms with Gasteiger partial charge in [0.25, 0.3) is 0 Å².